The Balaban J connectivity index is 1.24. The molecule has 0 saturated heterocycles. The quantitative estimate of drug-likeness (QED) is 0.159. The van der Waals surface area contributed by atoms with E-state index in [9.17, 15) is 0 Å². The van der Waals surface area contributed by atoms with E-state index >= 15 is 0 Å². The Hall–Kier alpha value is -7.50. The van der Waals surface area contributed by atoms with Crippen molar-refractivity contribution in [3.05, 3.63) is 190 Å². The Morgan fingerprint density at radius 1 is 0.276 bits per heavy atom. The number of rotatable bonds is 7. The molecule has 2 N–H and O–H groups in total. The molecule has 0 amide bonds. The number of hydrogen-bond acceptors (Lipinski definition) is 2. The van der Waals surface area contributed by atoms with Crippen molar-refractivity contribution >= 4 is 117 Å². The highest BCUT2D eigenvalue weighted by atomic mass is 32.1. The van der Waals surface area contributed by atoms with Crippen LogP contribution in [0.4, 0.5) is 0 Å². The van der Waals surface area contributed by atoms with Gasteiger partial charge in [0.05, 0.1) is 22.1 Å². The van der Waals surface area contributed by atoms with E-state index in [4.69, 9.17) is 0 Å². The smallest absolute Gasteiger partial charge is 0.0559 e. The normalized spacial score (nSPS) is 13.7. The Labute approximate surface area is 593 Å². The summed E-state index contributed by atoms with van der Waals surface area (Å²) in [5, 5.41) is 12.7. The third-order valence-electron chi connectivity index (χ3n) is 21.6. The van der Waals surface area contributed by atoms with E-state index in [-0.39, 0.29) is 43.3 Å². The van der Waals surface area contributed by atoms with Crippen LogP contribution in [0.5, 0.6) is 0 Å². The summed E-state index contributed by atoms with van der Waals surface area (Å²) in [4.78, 5) is 8.77. The predicted molar refractivity (Wildman–Crippen MR) is 438 cm³/mol. The fraction of sp³-hybridized carbons (Fsp3) is 0.383. The third kappa shape index (κ3) is 12.0. The molecule has 0 aliphatic heterocycles. The first kappa shape index (κ1) is 67.7. The number of fused-ring (bicyclic) bond motifs is 8. The van der Waals surface area contributed by atoms with Crippen LogP contribution in [0.15, 0.2) is 140 Å². The first-order valence-corrected chi connectivity index (χ1v) is 38.0. The molecule has 0 aliphatic rings. The molecule has 98 heavy (non-hydrogen) atoms. The minimum absolute atomic E-state index is 0.0558. The van der Waals surface area contributed by atoms with Crippen molar-refractivity contribution in [3.63, 3.8) is 0 Å². The Morgan fingerprint density at radius 3 is 0.908 bits per heavy atom. The van der Waals surface area contributed by atoms with Gasteiger partial charge in [0.1, 0.15) is 0 Å². The van der Waals surface area contributed by atoms with Crippen LogP contribution in [0.2, 0.25) is 0 Å². The van der Waals surface area contributed by atoms with E-state index < -0.39 is 0 Å². The number of aryl methyl sites for hydroxylation is 1. The van der Waals surface area contributed by atoms with Gasteiger partial charge in [-0.3, -0.25) is 0 Å². The zero-order valence-electron chi connectivity index (χ0n) is 63.7. The van der Waals surface area contributed by atoms with Crippen molar-refractivity contribution in [2.45, 2.75) is 236 Å². The van der Waals surface area contributed by atoms with Crippen LogP contribution in [0.1, 0.15) is 236 Å². The third-order valence-corrected chi connectivity index (χ3v) is 24.0. The SMILES string of the molecule is CCCCc1cc2cc3sc2c2c1c(-c1cc(C(C)(C)C)cc(C(C)(C)C)c1)cc1c4cc(-c5cc(C(C)(C)C)cc(C(C)(C)C)c5)cc(c5ccc(s5)c5cc(-c6cc(C(C)(C)C)cc(C(C)(C)C)c6)cc6c7cc(-c8cc(C(C)(C)C)cc(C(C)(C)C)c8)cc3c7[nH]c56)c4[nH]c12. The zero-order chi connectivity index (χ0) is 70.4. The summed E-state index contributed by atoms with van der Waals surface area (Å²) in [6.07, 6.45) is 3.19. The minimum atomic E-state index is -0.0714. The fourth-order valence-electron chi connectivity index (χ4n) is 15.0. The number of benzene rings is 9. The molecule has 9 aromatic carbocycles. The molecule has 0 spiro atoms. The highest BCUT2D eigenvalue weighted by Gasteiger charge is 2.30. The number of aromatic nitrogens is 2. The molecular formula is C94H106N2S2. The van der Waals surface area contributed by atoms with E-state index in [1.165, 1.54) is 189 Å². The van der Waals surface area contributed by atoms with Crippen molar-refractivity contribution in [1.29, 1.82) is 0 Å². The molecule has 4 heteroatoms. The molecular weight excluding hydrogens is 1220 g/mol. The van der Waals surface area contributed by atoms with Crippen molar-refractivity contribution in [2.24, 2.45) is 0 Å². The van der Waals surface area contributed by atoms with E-state index in [1.54, 1.807) is 0 Å². The summed E-state index contributed by atoms with van der Waals surface area (Å²) >= 11 is 3.92. The number of aromatic amines is 2. The molecule has 0 aliphatic carbocycles. The molecule has 0 radical (unpaired) electrons. The van der Waals surface area contributed by atoms with Gasteiger partial charge in [-0.15, -0.1) is 22.7 Å². The second-order valence-corrected chi connectivity index (χ2v) is 39.9. The van der Waals surface area contributed by atoms with Gasteiger partial charge in [-0.2, -0.15) is 0 Å². The Kier molecular flexibility index (Phi) is 15.7. The lowest BCUT2D eigenvalue weighted by Crippen LogP contribution is -2.16. The lowest BCUT2D eigenvalue weighted by atomic mass is 9.78. The average molecular weight is 1330 g/mol. The molecule has 5 aromatic heterocycles. The molecule has 0 atom stereocenters. The van der Waals surface area contributed by atoms with Gasteiger partial charge in [0.25, 0.3) is 0 Å². The van der Waals surface area contributed by atoms with Gasteiger partial charge < -0.3 is 9.97 Å². The number of hydrogen-bond donors (Lipinski definition) is 2. The average Bonchev–Trinajstić information content (AvgIpc) is 1.54. The van der Waals surface area contributed by atoms with Gasteiger partial charge in [-0.05, 0) is 228 Å². The van der Waals surface area contributed by atoms with Gasteiger partial charge in [0.2, 0.25) is 0 Å². The Bertz CT molecular complexity index is 5470. The summed E-state index contributed by atoms with van der Waals surface area (Å²) in [6.45, 7) is 59.3. The van der Waals surface area contributed by atoms with E-state index in [0.29, 0.717) is 0 Å². The van der Waals surface area contributed by atoms with Gasteiger partial charge in [0.15, 0.2) is 0 Å². The zero-order valence-corrected chi connectivity index (χ0v) is 65.3. The predicted octanol–water partition coefficient (Wildman–Crippen LogP) is 29.2. The highest BCUT2D eigenvalue weighted by molar-refractivity contribution is 7.26. The second kappa shape index (κ2) is 22.8. The maximum Gasteiger partial charge on any atom is 0.0559 e. The van der Waals surface area contributed by atoms with Gasteiger partial charge in [-0.1, -0.05) is 252 Å². The Morgan fingerprint density at radius 2 is 0.571 bits per heavy atom. The topological polar surface area (TPSA) is 31.6 Å². The first-order chi connectivity index (χ1) is 45.5. The number of H-pyrrole nitrogens is 2. The molecule has 0 unspecified atom stereocenters. The molecule has 504 valence electrons. The van der Waals surface area contributed by atoms with Gasteiger partial charge in [0, 0.05) is 61.9 Å². The first-order valence-electron chi connectivity index (χ1n) is 36.4. The van der Waals surface area contributed by atoms with Crippen LogP contribution in [-0.4, -0.2) is 9.97 Å². The van der Waals surface area contributed by atoms with Crippen molar-refractivity contribution in [1.82, 2.24) is 9.97 Å². The van der Waals surface area contributed by atoms with Gasteiger partial charge >= 0.3 is 0 Å². The summed E-state index contributed by atoms with van der Waals surface area (Å²) in [5.74, 6) is 0. The van der Waals surface area contributed by atoms with E-state index in [2.05, 4.69) is 323 Å². The van der Waals surface area contributed by atoms with Crippen LogP contribution in [0, 0.1) is 0 Å². The molecule has 0 fully saturated rings. The van der Waals surface area contributed by atoms with Crippen LogP contribution in [0.25, 0.3) is 139 Å². The highest BCUT2D eigenvalue weighted by Crippen LogP contribution is 2.52. The maximum atomic E-state index is 4.42. The second-order valence-electron chi connectivity index (χ2n) is 37.7. The maximum absolute atomic E-state index is 4.42. The molecule has 5 heterocycles. The largest absolute Gasteiger partial charge is 0.353 e. The summed E-state index contributed by atoms with van der Waals surface area (Å²) in [5.41, 5.74) is 26.7. The lowest BCUT2D eigenvalue weighted by molar-refractivity contribution is 0.568. The van der Waals surface area contributed by atoms with Crippen LogP contribution >= 0.6 is 22.7 Å². The minimum Gasteiger partial charge on any atom is -0.353 e. The van der Waals surface area contributed by atoms with Crippen LogP contribution in [0.3, 0.4) is 0 Å². The van der Waals surface area contributed by atoms with Gasteiger partial charge in [-0.25, -0.2) is 0 Å². The number of thiophene rings is 2. The molecule has 0 saturated carbocycles. The van der Waals surface area contributed by atoms with Crippen LogP contribution in [-0.2, 0) is 49.7 Å². The number of nitrogens with one attached hydrogen (secondary N) is 2. The molecule has 8 bridgehead atoms. The molecule has 14 rings (SSSR count). The van der Waals surface area contributed by atoms with Crippen molar-refractivity contribution < 1.29 is 0 Å². The summed E-state index contributed by atoms with van der Waals surface area (Å²) < 4.78 is 5.08. The fourth-order valence-corrected chi connectivity index (χ4v) is 17.3. The summed E-state index contributed by atoms with van der Waals surface area (Å²) in [6, 6.07) is 57.9. The van der Waals surface area contributed by atoms with Crippen molar-refractivity contribution in [2.75, 3.05) is 0 Å². The van der Waals surface area contributed by atoms with Crippen LogP contribution < -0.4 is 0 Å². The molecule has 14 aromatic rings. The molecule has 2 nitrogen and oxygen atoms in total. The lowest BCUT2D eigenvalue weighted by Gasteiger charge is -2.27. The summed E-state index contributed by atoms with van der Waals surface area (Å²) in [7, 11) is 0. The number of unbranched alkanes of at least 4 members (excludes halogenated alkanes) is 1. The van der Waals surface area contributed by atoms with E-state index in [0.717, 1.165) is 19.3 Å². The van der Waals surface area contributed by atoms with Crippen molar-refractivity contribution in [3.8, 4) is 44.5 Å². The monoisotopic (exact) mass is 1330 g/mol. The standard InChI is InChI=1S/C94H106N2S2/c1-26-27-28-52-31-60-46-79-76-45-58(55-36-65(91(14,15)16)49-66(37-55)92(17,18)19)41-71-70-40-56(53-32-61(87(2,3)4)47-62(33-53)88(5,6)7)43-74(82(70)95-84(71)76)77-29-30-78(97-77)75-44-57(54-34-63(89(8,9)10)48-64(35-54)90(11,12)13)42-72-73-51-69(80(52)81(86(60)98-79)85(73)96-83(72)75)59-38-67(93(20,21)22)50-68(39-59)94(23,24)25/h29-51,95-96H,26-28H2,1-25H3. The van der Waals surface area contributed by atoms with E-state index in [1.807, 2.05) is 22.7 Å².